The van der Waals surface area contributed by atoms with Crippen LogP contribution in [0.5, 0.6) is 0 Å². The van der Waals surface area contributed by atoms with Crippen LogP contribution in [-0.2, 0) is 27.7 Å². The third-order valence-corrected chi connectivity index (χ3v) is 14.8. The zero-order chi connectivity index (χ0) is 70.6. The van der Waals surface area contributed by atoms with Crippen molar-refractivity contribution in [2.45, 2.75) is 315 Å². The highest BCUT2D eigenvalue weighted by Gasteiger charge is 2.49. The smallest absolute Gasteiger partial charge is 0.286 e. The molecule has 91 heavy (non-hydrogen) atoms. The molecular weight excluding hydrogens is 1170 g/mol. The van der Waals surface area contributed by atoms with Gasteiger partial charge in [-0.15, -0.1) is 18.9 Å². The normalized spacial score (nSPS) is 12.5. The van der Waals surface area contributed by atoms with Crippen LogP contribution in [0.4, 0.5) is 0 Å². The minimum absolute atomic E-state index is 0.116. The van der Waals surface area contributed by atoms with Gasteiger partial charge in [-0.05, 0) is 116 Å². The van der Waals surface area contributed by atoms with Crippen molar-refractivity contribution in [1.29, 1.82) is 0 Å². The third kappa shape index (κ3) is 105. The van der Waals surface area contributed by atoms with Crippen LogP contribution >= 0.6 is 11.8 Å². The summed E-state index contributed by atoms with van der Waals surface area (Å²) < 4.78 is 21.0. The van der Waals surface area contributed by atoms with Gasteiger partial charge in [0.05, 0.1) is 17.8 Å². The fourth-order valence-corrected chi connectivity index (χ4v) is 8.19. The molecule has 5 rings (SSSR count). The predicted octanol–water partition coefficient (Wildman–Crippen LogP) is 18.8. The molecule has 2 aromatic rings. The number of allylic oxidation sites excluding steroid dienone is 1. The van der Waals surface area contributed by atoms with Crippen LogP contribution < -0.4 is 21.7 Å². The van der Waals surface area contributed by atoms with E-state index in [2.05, 4.69) is 160 Å². The molecular formula is C75H148N10O4S2. The molecule has 2 aromatic heterocycles. The number of likely N-dealkylation sites (N-methyl/N-ethyl adjacent to an activating group) is 1. The molecule has 0 unspecified atom stereocenters. The number of carbonyl (C=O) groups is 1. The van der Waals surface area contributed by atoms with Crippen molar-refractivity contribution in [1.82, 2.24) is 40.8 Å². The summed E-state index contributed by atoms with van der Waals surface area (Å²) in [6.07, 6.45) is 55.0. The van der Waals surface area contributed by atoms with Gasteiger partial charge in [0.25, 0.3) is 5.66 Å². The van der Waals surface area contributed by atoms with Gasteiger partial charge in [-0.3, -0.25) is 24.5 Å². The van der Waals surface area contributed by atoms with Crippen molar-refractivity contribution >= 4 is 27.5 Å². The van der Waals surface area contributed by atoms with E-state index in [1.54, 1.807) is 31.0 Å². The summed E-state index contributed by atoms with van der Waals surface area (Å²) in [7, 11) is -2.70. The lowest BCUT2D eigenvalue weighted by atomic mass is 10.0. The summed E-state index contributed by atoms with van der Waals surface area (Å²) in [5.74, 6) is 6.07. The van der Waals surface area contributed by atoms with Gasteiger partial charge in [0.15, 0.2) is 0 Å². The number of thioether (sulfide) groups is 1. The summed E-state index contributed by atoms with van der Waals surface area (Å²) in [4.78, 5) is 31.9. The molecule has 0 bridgehead atoms. The van der Waals surface area contributed by atoms with Crippen LogP contribution in [0.3, 0.4) is 0 Å². The standard InChI is InChI=1S/2C7H11N3.C7H16O.2C7H14.C6H10N2.C6H11N.C6H14O2S.C6H14S.C6H10.C5H11NO.C5H12/c1-2-8-5-7-6-9-3-4-10-7;1-2-8-6-7-9-4-3-5-10-7;1-4-5-6-7(2,3)8;1-2-3-4-7-5-6-7;1-4-5-6-7(2)3;1-3-8-6(7-2)4-5-6;1-2-7-5-3-4-6-7;1-3-4-5-6-9(2,7)8;1-3-4-5-6-7-2;1-3-5-6-4-2;1-2-3-4-5(6)7;1-3-5-4-2/h3-4,6,8H,2,5H2,1H3;3-5,8H,2,6H2,1H3;8H,4-6H2,1-3H3;7H,2-6H2,1H3;2,4-6H2,1,3H3;8H,3-5H2,1H3;3-4H,2,5-6H2,1H3;3-6H2,1-2H3;3-6H2,1-2H3;1H,4-6H2,2H3;2-4H2,1H3,(H2,6,7);3-5H2,1-2H3. The predicted molar refractivity (Wildman–Crippen MR) is 404 cm³/mol. The summed E-state index contributed by atoms with van der Waals surface area (Å²) in [5.41, 5.74) is 6.57. The second-order valence-electron chi connectivity index (χ2n) is 23.7. The van der Waals surface area contributed by atoms with E-state index >= 15 is 0 Å². The van der Waals surface area contributed by atoms with Gasteiger partial charge >= 0.3 is 0 Å². The topological polar surface area (TPSA) is 193 Å². The zero-order valence-electron chi connectivity index (χ0n) is 62.6. The Labute approximate surface area is 570 Å². The van der Waals surface area contributed by atoms with Gasteiger partial charge in [-0.1, -0.05) is 217 Å². The van der Waals surface area contributed by atoms with Crippen LogP contribution in [-0.4, -0.2) is 119 Å². The van der Waals surface area contributed by atoms with E-state index in [0.717, 1.165) is 127 Å². The van der Waals surface area contributed by atoms with Gasteiger partial charge in [0, 0.05) is 88.3 Å². The van der Waals surface area contributed by atoms with Gasteiger partial charge in [0.1, 0.15) is 15.7 Å². The number of nitrogens with zero attached hydrogens (tertiary/aromatic N) is 6. The van der Waals surface area contributed by atoms with Crippen LogP contribution in [0.25, 0.3) is 4.85 Å². The van der Waals surface area contributed by atoms with E-state index in [9.17, 15) is 13.2 Å². The SMILES string of the molecule is C#CCCCC.C=C(C)CCCC.CCCCC.CCCCC(C)(C)O.CCCCC(N)=O.CCCCC1CC1.CCCCCS(C)(=O)=O.CCCCCSC.CCN1CC=CC1.CCNCc1cnccn1.CCNCc1ncccn1.[C-]#[N+]C1(NCC)CC1. The molecule has 1 aliphatic heterocycles. The van der Waals surface area contributed by atoms with Gasteiger partial charge in [-0.25, -0.2) is 30.3 Å². The highest BCUT2D eigenvalue weighted by atomic mass is 32.2. The maximum Gasteiger partial charge on any atom is 0.286 e. The first-order valence-electron chi connectivity index (χ1n) is 35.6. The number of carbonyl (C=O) groups excluding carboxylic acids is 1. The van der Waals surface area contributed by atoms with Crippen molar-refractivity contribution in [3.05, 3.63) is 84.3 Å². The average Bonchev–Trinajstić information content (AvgIpc) is 2.37. The Balaban J connectivity index is -0.000000170. The van der Waals surface area contributed by atoms with Gasteiger partial charge < -0.3 is 21.5 Å². The Morgan fingerprint density at radius 2 is 1.26 bits per heavy atom. The van der Waals surface area contributed by atoms with Crippen molar-refractivity contribution in [2.75, 3.05) is 63.3 Å². The van der Waals surface area contributed by atoms with Gasteiger partial charge in [0.2, 0.25) is 5.91 Å². The number of aliphatic hydroxyl groups is 1. The first kappa shape index (κ1) is 101. The van der Waals surface area contributed by atoms with Crippen LogP contribution in [0.1, 0.15) is 302 Å². The van der Waals surface area contributed by atoms with E-state index < -0.39 is 15.4 Å². The number of terminal acetylenes is 1. The fraction of sp³-hybridized carbons (Fsp3) is 0.787. The Morgan fingerprint density at radius 1 is 0.747 bits per heavy atom. The Morgan fingerprint density at radius 3 is 1.57 bits per heavy atom. The number of unbranched alkanes of at least 4 members (excludes halogenated alkanes) is 12. The van der Waals surface area contributed by atoms with Crippen LogP contribution in [0, 0.1) is 24.8 Å². The van der Waals surface area contributed by atoms with Crippen molar-refractivity contribution in [3.63, 3.8) is 0 Å². The molecule has 6 N–H and O–H groups in total. The van der Waals surface area contributed by atoms with E-state index in [-0.39, 0.29) is 11.6 Å². The maximum atomic E-state index is 10.5. The molecule has 0 spiro atoms. The number of nitrogens with two attached hydrogens (primary N) is 1. The minimum Gasteiger partial charge on any atom is -0.390 e. The molecule has 0 atom stereocenters. The van der Waals surface area contributed by atoms with Crippen molar-refractivity contribution in [2.24, 2.45) is 11.7 Å². The number of hydrogen-bond donors (Lipinski definition) is 5. The second kappa shape index (κ2) is 80.5. The number of amides is 1. The summed E-state index contributed by atoms with van der Waals surface area (Å²) in [6, 6.07) is 1.81. The van der Waals surface area contributed by atoms with E-state index in [4.69, 9.17) is 23.8 Å². The molecule has 2 aliphatic carbocycles. The largest absolute Gasteiger partial charge is 0.390 e. The molecule has 534 valence electrons. The van der Waals surface area contributed by atoms with Crippen LogP contribution in [0.2, 0.25) is 0 Å². The zero-order valence-corrected chi connectivity index (χ0v) is 64.2. The second-order valence-corrected chi connectivity index (χ2v) is 27.0. The minimum atomic E-state index is -2.70. The Hall–Kier alpha value is -3.74. The van der Waals surface area contributed by atoms with Crippen molar-refractivity contribution in [3.8, 4) is 12.3 Å². The number of aromatic nitrogens is 4. The Kier molecular flexibility index (Phi) is 89.2. The summed E-state index contributed by atoms with van der Waals surface area (Å²) in [6.45, 7) is 52.1. The molecule has 16 heteroatoms. The number of nitrogens with one attached hydrogen (secondary N) is 3. The molecule has 2 fully saturated rings. The van der Waals surface area contributed by atoms with Crippen molar-refractivity contribution < 1.29 is 18.3 Å². The quantitative estimate of drug-likeness (QED) is 0.0196. The Bertz CT molecular complexity index is 1890. The van der Waals surface area contributed by atoms with E-state index in [1.165, 1.54) is 133 Å². The molecule has 1 amide bonds. The first-order chi connectivity index (χ1) is 43.5. The highest BCUT2D eigenvalue weighted by Crippen LogP contribution is 2.36. The van der Waals surface area contributed by atoms with Gasteiger partial charge in [-0.2, -0.15) is 11.8 Å². The molecule has 3 heterocycles. The third-order valence-electron chi connectivity index (χ3n) is 13.1. The molecule has 0 radical (unpaired) electrons. The summed E-state index contributed by atoms with van der Waals surface area (Å²) in [5, 5.41) is 18.6. The highest BCUT2D eigenvalue weighted by molar-refractivity contribution is 7.98. The number of hydrogen-bond acceptors (Lipinski definition) is 13. The number of sulfone groups is 1. The van der Waals surface area contributed by atoms with E-state index in [0.29, 0.717) is 12.2 Å². The molecule has 0 aromatic carbocycles. The molecule has 3 aliphatic rings. The van der Waals surface area contributed by atoms with Crippen LogP contribution in [0.15, 0.2) is 61.4 Å². The lowest BCUT2D eigenvalue weighted by Gasteiger charge is -2.15. The monoisotopic (exact) mass is 1320 g/mol. The lowest BCUT2D eigenvalue weighted by Crippen LogP contribution is -2.26. The molecule has 14 nitrogen and oxygen atoms in total. The lowest BCUT2D eigenvalue weighted by molar-refractivity contribution is -0.118. The fourth-order valence-electron chi connectivity index (χ4n) is 6.97. The maximum absolute atomic E-state index is 10.5. The molecule has 2 saturated carbocycles. The number of primary amides is 1. The average molecular weight is 1320 g/mol. The van der Waals surface area contributed by atoms with E-state index in [1.807, 2.05) is 45.5 Å². The first-order valence-corrected chi connectivity index (χ1v) is 39.1. The number of rotatable bonds is 33. The molecule has 0 saturated heterocycles. The summed E-state index contributed by atoms with van der Waals surface area (Å²) >= 11 is 1.94.